The van der Waals surface area contributed by atoms with Crippen LogP contribution in [-0.2, 0) is 0 Å². The molecule has 0 N–H and O–H groups in total. The Labute approximate surface area is 54.2 Å². The molecular formula is C7H16Si. The Morgan fingerprint density at radius 1 is 1.38 bits per heavy atom. The Morgan fingerprint density at radius 3 is 2.00 bits per heavy atom. The molecule has 8 heavy (non-hydrogen) atoms. The van der Waals surface area contributed by atoms with E-state index in [2.05, 4.69) is 26.5 Å². The van der Waals surface area contributed by atoms with Crippen molar-refractivity contribution in [3.05, 3.63) is 12.7 Å². The molecule has 0 spiro atoms. The Bertz CT molecular complexity index is 55.4. The summed E-state index contributed by atoms with van der Waals surface area (Å²) >= 11 is 0. The van der Waals surface area contributed by atoms with E-state index in [1.807, 2.05) is 0 Å². The summed E-state index contributed by atoms with van der Waals surface area (Å²) in [6.07, 6.45) is 2.07. The molecule has 0 atom stereocenters. The largest absolute Gasteiger partial charge is 0.103 e. The average molecular weight is 128 g/mol. The number of hydrogen-bond donors (Lipinski definition) is 0. The Kier molecular flexibility index (Phi) is 5.07. The number of rotatable bonds is 4. The first kappa shape index (κ1) is 7.96. The van der Waals surface area contributed by atoms with Gasteiger partial charge in [-0.25, -0.2) is 0 Å². The third kappa shape index (κ3) is 3.02. The summed E-state index contributed by atoms with van der Waals surface area (Å²) in [5.41, 5.74) is 0. The summed E-state index contributed by atoms with van der Waals surface area (Å²) in [5, 5.41) is 0. The molecule has 0 saturated carbocycles. The van der Waals surface area contributed by atoms with Crippen LogP contribution in [-0.4, -0.2) is 8.80 Å². The monoisotopic (exact) mass is 128 g/mol. The number of hydrogen-bond acceptors (Lipinski definition) is 0. The lowest BCUT2D eigenvalue weighted by Crippen LogP contribution is -2.05. The Hall–Kier alpha value is -0.0431. The molecule has 0 aromatic rings. The Morgan fingerprint density at radius 2 is 1.88 bits per heavy atom. The van der Waals surface area contributed by atoms with E-state index in [0.717, 1.165) is 0 Å². The summed E-state index contributed by atoms with van der Waals surface area (Å²) in [7, 11) is -0.310. The molecule has 1 heteroatoms. The molecule has 0 aliphatic carbocycles. The highest BCUT2D eigenvalue weighted by Crippen LogP contribution is 2.03. The van der Waals surface area contributed by atoms with Gasteiger partial charge in [-0.3, -0.25) is 0 Å². The summed E-state index contributed by atoms with van der Waals surface area (Å²) in [4.78, 5) is 0. The zero-order valence-electron chi connectivity index (χ0n) is 5.98. The van der Waals surface area contributed by atoms with Gasteiger partial charge in [-0.15, -0.1) is 6.58 Å². The second-order valence-electron chi connectivity index (χ2n) is 2.21. The smallest absolute Gasteiger partial charge is 0.0400 e. The molecule has 0 saturated heterocycles. The van der Waals surface area contributed by atoms with Crippen LogP contribution in [0.25, 0.3) is 0 Å². The molecule has 0 unspecified atom stereocenters. The highest BCUT2D eigenvalue weighted by molar-refractivity contribution is 6.59. The van der Waals surface area contributed by atoms with E-state index in [-0.39, 0.29) is 8.80 Å². The lowest BCUT2D eigenvalue weighted by molar-refractivity contribution is 1.28. The molecule has 0 aliphatic heterocycles. The second kappa shape index (κ2) is 5.10. The fraction of sp³-hybridized carbons (Fsp3) is 0.714. The summed E-state index contributed by atoms with van der Waals surface area (Å²) < 4.78 is 0. The van der Waals surface area contributed by atoms with E-state index in [1.165, 1.54) is 18.1 Å². The van der Waals surface area contributed by atoms with E-state index < -0.39 is 0 Å². The second-order valence-corrected chi connectivity index (χ2v) is 6.04. The van der Waals surface area contributed by atoms with Gasteiger partial charge < -0.3 is 0 Å². The van der Waals surface area contributed by atoms with Crippen LogP contribution in [0, 0.1) is 0 Å². The van der Waals surface area contributed by atoms with Gasteiger partial charge in [0.05, 0.1) is 0 Å². The highest BCUT2D eigenvalue weighted by atomic mass is 28.3. The summed E-state index contributed by atoms with van der Waals surface area (Å²) in [5.74, 6) is 0. The van der Waals surface area contributed by atoms with Crippen LogP contribution in [0.15, 0.2) is 12.7 Å². The lowest BCUT2D eigenvalue weighted by atomic mass is 10.8. The predicted octanol–water partition coefficient (Wildman–Crippen LogP) is 2.44. The van der Waals surface area contributed by atoms with Gasteiger partial charge in [-0.2, -0.15) is 0 Å². The van der Waals surface area contributed by atoms with Crippen LogP contribution in [0.2, 0.25) is 18.1 Å². The van der Waals surface area contributed by atoms with Crippen LogP contribution in [0.1, 0.15) is 13.8 Å². The molecular weight excluding hydrogens is 112 g/mol. The molecule has 0 heterocycles. The first-order chi connectivity index (χ1) is 3.85. The summed E-state index contributed by atoms with van der Waals surface area (Å²) in [6.45, 7) is 8.32. The van der Waals surface area contributed by atoms with E-state index in [4.69, 9.17) is 0 Å². The van der Waals surface area contributed by atoms with E-state index in [0.29, 0.717) is 0 Å². The van der Waals surface area contributed by atoms with Gasteiger partial charge in [0.15, 0.2) is 0 Å². The highest BCUT2D eigenvalue weighted by Gasteiger charge is 1.99. The van der Waals surface area contributed by atoms with Crippen LogP contribution in [0.5, 0.6) is 0 Å². The van der Waals surface area contributed by atoms with Crippen LogP contribution in [0.4, 0.5) is 0 Å². The molecule has 0 radical (unpaired) electrons. The third-order valence-corrected chi connectivity index (χ3v) is 4.96. The Balaban J connectivity index is 3.20. The molecule has 0 amide bonds. The lowest BCUT2D eigenvalue weighted by Gasteiger charge is -2.04. The maximum absolute atomic E-state index is 3.73. The van der Waals surface area contributed by atoms with Crippen molar-refractivity contribution in [3.8, 4) is 0 Å². The van der Waals surface area contributed by atoms with Crippen molar-refractivity contribution in [1.82, 2.24) is 0 Å². The average Bonchev–Trinajstić information content (AvgIpc) is 1.83. The van der Waals surface area contributed by atoms with Crippen molar-refractivity contribution in [3.63, 3.8) is 0 Å². The molecule has 0 rings (SSSR count). The maximum atomic E-state index is 3.73. The van der Waals surface area contributed by atoms with Crippen LogP contribution in [0.3, 0.4) is 0 Å². The molecule has 0 nitrogen and oxygen atoms in total. The number of allylic oxidation sites excluding steroid dienone is 1. The topological polar surface area (TPSA) is 0 Å². The zero-order chi connectivity index (χ0) is 6.41. The van der Waals surface area contributed by atoms with Gasteiger partial charge in [0.1, 0.15) is 0 Å². The van der Waals surface area contributed by atoms with Gasteiger partial charge in [0.2, 0.25) is 0 Å². The van der Waals surface area contributed by atoms with Gasteiger partial charge >= 0.3 is 0 Å². The maximum Gasteiger partial charge on any atom is 0.0400 e. The van der Waals surface area contributed by atoms with Crippen molar-refractivity contribution >= 4 is 8.80 Å². The van der Waals surface area contributed by atoms with Crippen molar-refractivity contribution in [2.75, 3.05) is 0 Å². The van der Waals surface area contributed by atoms with Gasteiger partial charge in [-0.05, 0) is 6.04 Å². The summed E-state index contributed by atoms with van der Waals surface area (Å²) in [6, 6.07) is 4.19. The van der Waals surface area contributed by atoms with Crippen molar-refractivity contribution in [2.24, 2.45) is 0 Å². The molecule has 0 aliphatic rings. The zero-order valence-corrected chi connectivity index (χ0v) is 7.14. The quantitative estimate of drug-likeness (QED) is 0.403. The van der Waals surface area contributed by atoms with Crippen molar-refractivity contribution < 1.29 is 0 Å². The third-order valence-electron chi connectivity index (χ3n) is 1.65. The first-order valence-corrected chi connectivity index (χ1v) is 5.90. The van der Waals surface area contributed by atoms with E-state index in [1.54, 1.807) is 0 Å². The SMILES string of the molecule is C=CC[SiH](CC)CC. The predicted molar refractivity (Wildman–Crippen MR) is 43.1 cm³/mol. The van der Waals surface area contributed by atoms with Crippen molar-refractivity contribution in [2.45, 2.75) is 32.0 Å². The first-order valence-electron chi connectivity index (χ1n) is 3.46. The fourth-order valence-corrected chi connectivity index (χ4v) is 2.57. The molecule has 0 fully saturated rings. The normalized spacial score (nSPS) is 9.88. The molecule has 0 aromatic carbocycles. The standard InChI is InChI=1S/C7H16Si/c1-4-7-8(5-2)6-3/h4,8H,1,5-7H2,2-3H3. The van der Waals surface area contributed by atoms with Crippen LogP contribution < -0.4 is 0 Å². The van der Waals surface area contributed by atoms with Gasteiger partial charge in [-0.1, -0.05) is 32.0 Å². The minimum atomic E-state index is -0.310. The van der Waals surface area contributed by atoms with Gasteiger partial charge in [0, 0.05) is 8.80 Å². The minimum Gasteiger partial charge on any atom is -0.103 e. The molecule has 0 bridgehead atoms. The van der Waals surface area contributed by atoms with Crippen molar-refractivity contribution in [1.29, 1.82) is 0 Å². The molecule has 48 valence electrons. The van der Waals surface area contributed by atoms with Gasteiger partial charge in [0.25, 0.3) is 0 Å². The van der Waals surface area contributed by atoms with E-state index in [9.17, 15) is 0 Å². The fourth-order valence-electron chi connectivity index (χ4n) is 0.858. The minimum absolute atomic E-state index is 0.310. The van der Waals surface area contributed by atoms with Crippen LogP contribution >= 0.6 is 0 Å². The molecule has 0 aromatic heterocycles. The van der Waals surface area contributed by atoms with E-state index >= 15 is 0 Å².